The van der Waals surface area contributed by atoms with Crippen LogP contribution in [0.3, 0.4) is 0 Å². The van der Waals surface area contributed by atoms with Crippen LogP contribution < -0.4 is 11.5 Å². The van der Waals surface area contributed by atoms with Crippen LogP contribution in [0.25, 0.3) is 16.6 Å². The number of anilines is 2. The van der Waals surface area contributed by atoms with Crippen molar-refractivity contribution >= 4 is 17.2 Å². The molecule has 3 rings (SSSR count). The van der Waals surface area contributed by atoms with Crippen LogP contribution in [0.4, 0.5) is 11.6 Å². The van der Waals surface area contributed by atoms with Crippen molar-refractivity contribution in [3.63, 3.8) is 0 Å². The van der Waals surface area contributed by atoms with E-state index in [0.717, 1.165) is 0 Å². The fourth-order valence-corrected chi connectivity index (χ4v) is 2.54. The summed E-state index contributed by atoms with van der Waals surface area (Å²) in [6.07, 6.45) is 0. The minimum absolute atomic E-state index is 0.0357. The molecular formula is C16H9N7. The molecule has 4 N–H and O–H groups in total. The number of hydrogen-bond donors (Lipinski definition) is 2. The van der Waals surface area contributed by atoms with Gasteiger partial charge in [0.1, 0.15) is 40.7 Å². The van der Waals surface area contributed by atoms with E-state index in [-0.39, 0.29) is 33.8 Å². The van der Waals surface area contributed by atoms with Crippen LogP contribution in [-0.4, -0.2) is 9.61 Å². The molecule has 0 radical (unpaired) electrons. The Hall–Kier alpha value is -4.02. The van der Waals surface area contributed by atoms with Gasteiger partial charge in [-0.25, -0.2) is 4.52 Å². The molecule has 0 aliphatic rings. The van der Waals surface area contributed by atoms with Gasteiger partial charge in [-0.15, -0.1) is 5.10 Å². The van der Waals surface area contributed by atoms with Crippen molar-refractivity contribution in [3.8, 4) is 29.3 Å². The Morgan fingerprint density at radius 3 is 2.04 bits per heavy atom. The fraction of sp³-hybridized carbons (Fsp3) is 0. The van der Waals surface area contributed by atoms with Crippen LogP contribution in [0.5, 0.6) is 0 Å². The zero-order valence-electron chi connectivity index (χ0n) is 11.8. The molecule has 0 bridgehead atoms. The number of benzene rings is 1. The van der Waals surface area contributed by atoms with Gasteiger partial charge in [-0.2, -0.15) is 15.8 Å². The summed E-state index contributed by atoms with van der Waals surface area (Å²) in [5.74, 6) is -0.00152. The average molecular weight is 299 g/mol. The summed E-state index contributed by atoms with van der Waals surface area (Å²) in [6, 6.07) is 14.9. The molecule has 108 valence electrons. The summed E-state index contributed by atoms with van der Waals surface area (Å²) in [7, 11) is 0. The normalized spacial score (nSPS) is 9.96. The van der Waals surface area contributed by atoms with Crippen LogP contribution in [0.1, 0.15) is 16.7 Å². The van der Waals surface area contributed by atoms with Crippen LogP contribution in [-0.2, 0) is 0 Å². The lowest BCUT2D eigenvalue weighted by Gasteiger charge is -2.12. The third-order valence-electron chi connectivity index (χ3n) is 3.53. The number of aromatic nitrogens is 2. The van der Waals surface area contributed by atoms with E-state index < -0.39 is 0 Å². The lowest BCUT2D eigenvalue weighted by atomic mass is 9.94. The zero-order valence-corrected chi connectivity index (χ0v) is 11.8. The van der Waals surface area contributed by atoms with Crippen LogP contribution in [0.15, 0.2) is 30.3 Å². The first-order valence-corrected chi connectivity index (χ1v) is 6.53. The number of nitrogens with two attached hydrogens (primary N) is 2. The molecule has 7 nitrogen and oxygen atoms in total. The number of hydrogen-bond acceptors (Lipinski definition) is 6. The standard InChI is InChI=1S/C16H9N7/c17-6-10-13(9-4-2-1-3-5-9)11(7-18)16(21)23-14(10)12(8-19)15(20)22-23/h1-5H,21H2,(H2,20,22). The molecule has 0 fully saturated rings. The predicted molar refractivity (Wildman–Crippen MR) is 83.6 cm³/mol. The van der Waals surface area contributed by atoms with Crippen molar-refractivity contribution in [3.05, 3.63) is 47.0 Å². The molecule has 0 unspecified atom stereocenters. The van der Waals surface area contributed by atoms with Crippen molar-refractivity contribution in [1.29, 1.82) is 15.8 Å². The number of nitriles is 3. The van der Waals surface area contributed by atoms with Gasteiger partial charge in [0.2, 0.25) is 0 Å². The van der Waals surface area contributed by atoms with Gasteiger partial charge in [0.15, 0.2) is 5.82 Å². The molecule has 0 amide bonds. The molecule has 2 heterocycles. The quantitative estimate of drug-likeness (QED) is 0.701. The first kappa shape index (κ1) is 13.9. The number of fused-ring (bicyclic) bond motifs is 1. The van der Waals surface area contributed by atoms with Gasteiger partial charge in [0.25, 0.3) is 0 Å². The van der Waals surface area contributed by atoms with Crippen molar-refractivity contribution in [1.82, 2.24) is 9.61 Å². The lowest BCUT2D eigenvalue weighted by molar-refractivity contribution is 0.975. The Morgan fingerprint density at radius 2 is 1.48 bits per heavy atom. The molecule has 0 spiro atoms. The highest BCUT2D eigenvalue weighted by Gasteiger charge is 2.24. The van der Waals surface area contributed by atoms with Crippen molar-refractivity contribution < 1.29 is 0 Å². The predicted octanol–water partition coefficient (Wildman–Crippen LogP) is 1.78. The van der Waals surface area contributed by atoms with E-state index in [0.29, 0.717) is 11.1 Å². The van der Waals surface area contributed by atoms with E-state index >= 15 is 0 Å². The average Bonchev–Trinajstić information content (AvgIpc) is 2.92. The number of nitrogen functional groups attached to an aromatic ring is 2. The maximum absolute atomic E-state index is 9.63. The summed E-state index contributed by atoms with van der Waals surface area (Å²) in [6.45, 7) is 0. The molecule has 2 aromatic heterocycles. The molecule has 3 aromatic rings. The highest BCUT2D eigenvalue weighted by atomic mass is 15.3. The van der Waals surface area contributed by atoms with E-state index in [2.05, 4.69) is 11.2 Å². The van der Waals surface area contributed by atoms with Crippen LogP contribution in [0.2, 0.25) is 0 Å². The van der Waals surface area contributed by atoms with E-state index in [9.17, 15) is 15.8 Å². The molecule has 0 aliphatic carbocycles. The van der Waals surface area contributed by atoms with Crippen molar-refractivity contribution in [2.75, 3.05) is 11.5 Å². The highest BCUT2D eigenvalue weighted by molar-refractivity contribution is 5.91. The summed E-state index contributed by atoms with van der Waals surface area (Å²) >= 11 is 0. The number of rotatable bonds is 1. The third-order valence-corrected chi connectivity index (χ3v) is 3.53. The maximum Gasteiger partial charge on any atom is 0.164 e. The monoisotopic (exact) mass is 299 g/mol. The molecular weight excluding hydrogens is 290 g/mol. The molecule has 0 aliphatic heterocycles. The van der Waals surface area contributed by atoms with Crippen LogP contribution in [0, 0.1) is 34.0 Å². The second-order valence-electron chi connectivity index (χ2n) is 4.73. The highest BCUT2D eigenvalue weighted by Crippen LogP contribution is 2.36. The Bertz CT molecular complexity index is 1060. The van der Waals surface area contributed by atoms with Crippen molar-refractivity contribution in [2.24, 2.45) is 0 Å². The van der Waals surface area contributed by atoms with E-state index in [1.165, 1.54) is 4.52 Å². The third kappa shape index (κ3) is 1.84. The van der Waals surface area contributed by atoms with E-state index in [1.807, 2.05) is 18.2 Å². The van der Waals surface area contributed by atoms with Gasteiger partial charge in [0, 0.05) is 5.56 Å². The lowest BCUT2D eigenvalue weighted by Crippen LogP contribution is -2.06. The Morgan fingerprint density at radius 1 is 0.870 bits per heavy atom. The topological polar surface area (TPSA) is 141 Å². The molecule has 7 heteroatoms. The summed E-state index contributed by atoms with van der Waals surface area (Å²) < 4.78 is 1.18. The minimum Gasteiger partial charge on any atom is -0.383 e. The fourth-order valence-electron chi connectivity index (χ4n) is 2.54. The first-order valence-electron chi connectivity index (χ1n) is 6.53. The molecule has 0 saturated carbocycles. The van der Waals surface area contributed by atoms with Gasteiger partial charge < -0.3 is 11.5 Å². The van der Waals surface area contributed by atoms with E-state index in [4.69, 9.17) is 11.5 Å². The van der Waals surface area contributed by atoms with Gasteiger partial charge in [-0.05, 0) is 5.56 Å². The number of nitrogens with zero attached hydrogens (tertiary/aromatic N) is 5. The van der Waals surface area contributed by atoms with Crippen molar-refractivity contribution in [2.45, 2.75) is 0 Å². The molecule has 0 saturated heterocycles. The summed E-state index contributed by atoms with van der Waals surface area (Å²) in [5, 5.41) is 32.4. The second kappa shape index (κ2) is 5.07. The molecule has 1 aromatic carbocycles. The molecule has 23 heavy (non-hydrogen) atoms. The SMILES string of the molecule is N#Cc1c(-c2ccccc2)c(C#N)c2c(C#N)c(N)nn2c1N. The first-order chi connectivity index (χ1) is 11.1. The van der Waals surface area contributed by atoms with Gasteiger partial charge in [-0.1, -0.05) is 30.3 Å². The van der Waals surface area contributed by atoms with E-state index in [1.54, 1.807) is 24.3 Å². The van der Waals surface area contributed by atoms with Gasteiger partial charge >= 0.3 is 0 Å². The van der Waals surface area contributed by atoms with Gasteiger partial charge in [0.05, 0.1) is 5.56 Å². The Labute approximate surface area is 131 Å². The zero-order chi connectivity index (χ0) is 16.6. The number of pyridine rings is 1. The maximum atomic E-state index is 9.63. The summed E-state index contributed by atoms with van der Waals surface area (Å²) in [4.78, 5) is 0. The summed E-state index contributed by atoms with van der Waals surface area (Å²) in [5.41, 5.74) is 13.3. The van der Waals surface area contributed by atoms with Gasteiger partial charge in [-0.3, -0.25) is 0 Å². The van der Waals surface area contributed by atoms with Crippen LogP contribution >= 0.6 is 0 Å². The smallest absolute Gasteiger partial charge is 0.164 e. The minimum atomic E-state index is -0.0372. The largest absolute Gasteiger partial charge is 0.383 e. The Balaban J connectivity index is 2.62. The second-order valence-corrected chi connectivity index (χ2v) is 4.73. The molecule has 0 atom stereocenters. The Kier molecular flexibility index (Phi) is 3.07.